The van der Waals surface area contributed by atoms with Crippen LogP contribution in [0.1, 0.15) is 17.4 Å². The van der Waals surface area contributed by atoms with Crippen molar-refractivity contribution in [3.63, 3.8) is 0 Å². The molecule has 3 aromatic rings. The summed E-state index contributed by atoms with van der Waals surface area (Å²) in [5, 5.41) is 6.75. The standard InChI is InChI=1S/C16H17N3O2S2/c1-3-12-4-6-13(7-5-12)19-23(20,21)16-10-15(22-11(16)2)14-8-9-17-18-14/h4-10,19H,3H2,1-2H3,(H,17,18). The molecule has 0 amide bonds. The Morgan fingerprint density at radius 2 is 1.96 bits per heavy atom. The lowest BCUT2D eigenvalue weighted by atomic mass is 10.2. The highest BCUT2D eigenvalue weighted by Gasteiger charge is 2.21. The molecule has 0 aliphatic heterocycles. The first kappa shape index (κ1) is 15.8. The van der Waals surface area contributed by atoms with E-state index in [0.717, 1.165) is 21.9 Å². The first-order chi connectivity index (χ1) is 11.0. The van der Waals surface area contributed by atoms with Gasteiger partial charge in [-0.25, -0.2) is 8.42 Å². The Bertz CT molecular complexity index is 895. The van der Waals surface area contributed by atoms with Crippen molar-refractivity contribution in [3.8, 4) is 10.6 Å². The smallest absolute Gasteiger partial charge is 0.263 e. The number of sulfonamides is 1. The van der Waals surface area contributed by atoms with Crippen LogP contribution in [0.3, 0.4) is 0 Å². The number of H-pyrrole nitrogens is 1. The molecule has 7 heteroatoms. The van der Waals surface area contributed by atoms with Gasteiger partial charge in [-0.2, -0.15) is 5.10 Å². The van der Waals surface area contributed by atoms with Crippen molar-refractivity contribution in [1.82, 2.24) is 10.2 Å². The first-order valence-corrected chi connectivity index (χ1v) is 9.51. The molecule has 23 heavy (non-hydrogen) atoms. The van der Waals surface area contributed by atoms with E-state index >= 15 is 0 Å². The third-order valence-electron chi connectivity index (χ3n) is 3.54. The molecule has 0 spiro atoms. The average molecular weight is 347 g/mol. The van der Waals surface area contributed by atoms with Gasteiger partial charge in [-0.15, -0.1) is 11.3 Å². The van der Waals surface area contributed by atoms with Gasteiger partial charge in [0.1, 0.15) is 4.90 Å². The molecule has 0 saturated heterocycles. The Kier molecular flexibility index (Phi) is 4.23. The number of nitrogens with one attached hydrogen (secondary N) is 2. The normalized spacial score (nSPS) is 11.6. The number of hydrogen-bond donors (Lipinski definition) is 2. The summed E-state index contributed by atoms with van der Waals surface area (Å²) in [6, 6.07) is 10.9. The van der Waals surface area contributed by atoms with Gasteiger partial charge in [-0.3, -0.25) is 9.82 Å². The number of nitrogens with zero attached hydrogens (tertiary/aromatic N) is 1. The van der Waals surface area contributed by atoms with Crippen molar-refractivity contribution in [3.05, 3.63) is 53.0 Å². The summed E-state index contributed by atoms with van der Waals surface area (Å²) in [6.07, 6.45) is 2.57. The molecule has 0 aliphatic rings. The molecular formula is C16H17N3O2S2. The average Bonchev–Trinajstić information content (AvgIpc) is 3.17. The zero-order chi connectivity index (χ0) is 16.4. The van der Waals surface area contributed by atoms with E-state index in [4.69, 9.17) is 0 Å². The minimum absolute atomic E-state index is 0.298. The number of benzene rings is 1. The zero-order valence-corrected chi connectivity index (χ0v) is 14.5. The molecule has 0 radical (unpaired) electrons. The van der Waals surface area contributed by atoms with Crippen LogP contribution in [-0.2, 0) is 16.4 Å². The van der Waals surface area contributed by atoms with Crippen molar-refractivity contribution >= 4 is 27.0 Å². The molecule has 2 aromatic heterocycles. The summed E-state index contributed by atoms with van der Waals surface area (Å²) < 4.78 is 27.9. The molecule has 0 unspecified atom stereocenters. The quantitative estimate of drug-likeness (QED) is 0.737. The molecule has 5 nitrogen and oxygen atoms in total. The van der Waals surface area contributed by atoms with E-state index in [0.29, 0.717) is 10.6 Å². The van der Waals surface area contributed by atoms with Crippen LogP contribution in [0, 0.1) is 6.92 Å². The molecule has 0 aliphatic carbocycles. The van der Waals surface area contributed by atoms with Gasteiger partial charge in [0, 0.05) is 16.8 Å². The third kappa shape index (κ3) is 3.30. The van der Waals surface area contributed by atoms with E-state index in [1.54, 1.807) is 31.3 Å². The van der Waals surface area contributed by atoms with Gasteiger partial charge >= 0.3 is 0 Å². The van der Waals surface area contributed by atoms with Crippen LogP contribution in [-0.4, -0.2) is 18.6 Å². The van der Waals surface area contributed by atoms with Gasteiger partial charge in [-0.1, -0.05) is 19.1 Å². The Labute approximate surface area is 139 Å². The molecule has 0 saturated carbocycles. The largest absolute Gasteiger partial charge is 0.280 e. The molecule has 120 valence electrons. The maximum Gasteiger partial charge on any atom is 0.263 e. The number of rotatable bonds is 5. The predicted octanol–water partition coefficient (Wildman–Crippen LogP) is 3.81. The summed E-state index contributed by atoms with van der Waals surface area (Å²) in [5.41, 5.74) is 2.55. The van der Waals surface area contributed by atoms with E-state index < -0.39 is 10.0 Å². The van der Waals surface area contributed by atoms with E-state index in [-0.39, 0.29) is 0 Å². The fourth-order valence-corrected chi connectivity index (χ4v) is 4.90. The molecule has 0 bridgehead atoms. The van der Waals surface area contributed by atoms with Crippen LogP contribution in [0.4, 0.5) is 5.69 Å². The molecule has 0 fully saturated rings. The van der Waals surface area contributed by atoms with E-state index in [9.17, 15) is 8.42 Å². The van der Waals surface area contributed by atoms with Gasteiger partial charge in [-0.05, 0) is 43.2 Å². The molecule has 2 heterocycles. The van der Waals surface area contributed by atoms with Gasteiger partial charge in [0.15, 0.2) is 0 Å². The molecular weight excluding hydrogens is 330 g/mol. The van der Waals surface area contributed by atoms with Crippen LogP contribution < -0.4 is 4.72 Å². The number of thiophene rings is 1. The van der Waals surface area contributed by atoms with Crippen molar-refractivity contribution in [2.45, 2.75) is 25.2 Å². The fraction of sp³-hybridized carbons (Fsp3) is 0.188. The minimum atomic E-state index is -3.61. The number of aromatic nitrogens is 2. The Hall–Kier alpha value is -2.12. The topological polar surface area (TPSA) is 74.8 Å². The van der Waals surface area contributed by atoms with Crippen LogP contribution >= 0.6 is 11.3 Å². The second-order valence-corrected chi connectivity index (χ2v) is 8.06. The maximum absolute atomic E-state index is 12.6. The second kappa shape index (κ2) is 6.17. The molecule has 2 N–H and O–H groups in total. The van der Waals surface area contributed by atoms with Gasteiger partial charge in [0.25, 0.3) is 10.0 Å². The summed E-state index contributed by atoms with van der Waals surface area (Å²) in [6.45, 7) is 3.87. The minimum Gasteiger partial charge on any atom is -0.280 e. The molecule has 3 rings (SSSR count). The highest BCUT2D eigenvalue weighted by atomic mass is 32.2. The van der Waals surface area contributed by atoms with Crippen LogP contribution in [0.2, 0.25) is 0 Å². The van der Waals surface area contributed by atoms with Crippen molar-refractivity contribution in [1.29, 1.82) is 0 Å². The monoisotopic (exact) mass is 347 g/mol. The highest BCUT2D eigenvalue weighted by molar-refractivity contribution is 7.93. The summed E-state index contributed by atoms with van der Waals surface area (Å²) in [7, 11) is -3.61. The number of aromatic amines is 1. The third-order valence-corrected chi connectivity index (χ3v) is 6.26. The van der Waals surface area contributed by atoms with E-state index in [1.807, 2.05) is 18.2 Å². The second-order valence-electron chi connectivity index (χ2n) is 5.16. The van der Waals surface area contributed by atoms with Gasteiger partial charge in [0.05, 0.1) is 10.6 Å². The lowest BCUT2D eigenvalue weighted by Gasteiger charge is -2.08. The van der Waals surface area contributed by atoms with Crippen molar-refractivity contribution in [2.24, 2.45) is 0 Å². The lowest BCUT2D eigenvalue weighted by molar-refractivity contribution is 0.601. The summed E-state index contributed by atoms with van der Waals surface area (Å²) >= 11 is 1.43. The predicted molar refractivity (Wildman–Crippen MR) is 93.3 cm³/mol. The first-order valence-electron chi connectivity index (χ1n) is 7.21. The van der Waals surface area contributed by atoms with Gasteiger partial charge < -0.3 is 0 Å². The Morgan fingerprint density at radius 1 is 1.22 bits per heavy atom. The number of anilines is 1. The van der Waals surface area contributed by atoms with E-state index in [2.05, 4.69) is 21.8 Å². The van der Waals surface area contributed by atoms with E-state index in [1.165, 1.54) is 16.9 Å². The molecule has 1 aromatic carbocycles. The van der Waals surface area contributed by atoms with Crippen LogP contribution in [0.15, 0.2) is 47.5 Å². The van der Waals surface area contributed by atoms with Crippen LogP contribution in [0.25, 0.3) is 10.6 Å². The maximum atomic E-state index is 12.6. The van der Waals surface area contributed by atoms with Crippen LogP contribution in [0.5, 0.6) is 0 Å². The molecule has 0 atom stereocenters. The SMILES string of the molecule is CCc1ccc(NS(=O)(=O)c2cc(-c3ccn[nH]3)sc2C)cc1. The highest BCUT2D eigenvalue weighted by Crippen LogP contribution is 2.33. The number of hydrogen-bond acceptors (Lipinski definition) is 4. The lowest BCUT2D eigenvalue weighted by Crippen LogP contribution is -2.13. The van der Waals surface area contributed by atoms with Gasteiger partial charge in [0.2, 0.25) is 0 Å². The summed E-state index contributed by atoms with van der Waals surface area (Å²) in [4.78, 5) is 1.89. The number of aryl methyl sites for hydroxylation is 2. The zero-order valence-electron chi connectivity index (χ0n) is 12.8. The summed E-state index contributed by atoms with van der Waals surface area (Å²) in [5.74, 6) is 0. The fourth-order valence-electron chi connectivity index (χ4n) is 2.28. The van der Waals surface area contributed by atoms with Crippen molar-refractivity contribution < 1.29 is 8.42 Å². The van der Waals surface area contributed by atoms with Crippen molar-refractivity contribution in [2.75, 3.05) is 4.72 Å². The Balaban J connectivity index is 1.90. The Morgan fingerprint density at radius 3 is 2.57 bits per heavy atom.